The summed E-state index contributed by atoms with van der Waals surface area (Å²) in [6, 6.07) is 15.1. The molecule has 3 aliphatic rings. The lowest BCUT2D eigenvalue weighted by atomic mass is 9.75. The van der Waals surface area contributed by atoms with E-state index in [4.69, 9.17) is 11.6 Å². The van der Waals surface area contributed by atoms with Crippen molar-refractivity contribution >= 4 is 28.9 Å². The van der Waals surface area contributed by atoms with E-state index in [-0.39, 0.29) is 17.5 Å². The largest absolute Gasteiger partial charge is 0.358 e. The number of carbonyl (C=O) groups is 2. The topological polar surface area (TPSA) is 46.2 Å². The van der Waals surface area contributed by atoms with E-state index in [1.54, 1.807) is 0 Å². The molecule has 1 N–H and O–H groups in total. The molecule has 3 nitrogen and oxygen atoms in total. The van der Waals surface area contributed by atoms with Crippen LogP contribution in [0.2, 0.25) is 5.02 Å². The van der Waals surface area contributed by atoms with Gasteiger partial charge >= 0.3 is 0 Å². The Morgan fingerprint density at radius 1 is 0.923 bits per heavy atom. The molecule has 0 amide bonds. The van der Waals surface area contributed by atoms with Gasteiger partial charge in [-0.1, -0.05) is 48.0 Å². The Kier molecular flexibility index (Phi) is 3.41. The number of rotatable bonds is 1. The average Bonchev–Trinajstić information content (AvgIpc) is 2.93. The van der Waals surface area contributed by atoms with Gasteiger partial charge < -0.3 is 5.32 Å². The van der Waals surface area contributed by atoms with Crippen LogP contribution in [0, 0.1) is 0 Å². The zero-order chi connectivity index (χ0) is 17.8. The van der Waals surface area contributed by atoms with E-state index in [9.17, 15) is 9.59 Å². The first-order valence-electron chi connectivity index (χ1n) is 8.82. The number of hydrogen-bond donors (Lipinski definition) is 1. The summed E-state index contributed by atoms with van der Waals surface area (Å²) in [4.78, 5) is 26.0. The third-order valence-electron chi connectivity index (χ3n) is 5.45. The van der Waals surface area contributed by atoms with E-state index in [0.717, 1.165) is 40.9 Å². The summed E-state index contributed by atoms with van der Waals surface area (Å²) >= 11 is 6.23. The number of dihydropyridines is 1. The molecule has 0 radical (unpaired) electrons. The number of carbonyl (C=O) groups excluding carboxylic acids is 2. The zero-order valence-corrected chi connectivity index (χ0v) is 14.8. The molecule has 2 aromatic rings. The normalized spacial score (nSPS) is 21.3. The van der Waals surface area contributed by atoms with Crippen LogP contribution in [0.4, 0.5) is 0 Å². The Bertz CT molecular complexity index is 1050. The van der Waals surface area contributed by atoms with Crippen molar-refractivity contribution in [2.75, 3.05) is 0 Å². The molecule has 1 aliphatic heterocycles. The molecule has 0 fully saturated rings. The Balaban J connectivity index is 1.77. The predicted octanol–water partition coefficient (Wildman–Crippen LogP) is 4.64. The third-order valence-corrected chi connectivity index (χ3v) is 5.68. The van der Waals surface area contributed by atoms with Gasteiger partial charge in [-0.2, -0.15) is 0 Å². The van der Waals surface area contributed by atoms with E-state index >= 15 is 0 Å². The first-order chi connectivity index (χ1) is 12.6. The van der Waals surface area contributed by atoms with Crippen LogP contribution in [0.1, 0.15) is 46.7 Å². The fourth-order valence-corrected chi connectivity index (χ4v) is 4.55. The SMILES string of the molecule is O=C1CCCC2=C1[C@H](c1cccc(Cl)c1)C1=C(N2)c2ccccc2C1=O. The van der Waals surface area contributed by atoms with E-state index in [1.807, 2.05) is 48.5 Å². The third kappa shape index (κ3) is 2.14. The van der Waals surface area contributed by atoms with E-state index in [0.29, 0.717) is 22.6 Å². The number of benzene rings is 2. The monoisotopic (exact) mass is 361 g/mol. The van der Waals surface area contributed by atoms with Crippen LogP contribution in [0.5, 0.6) is 0 Å². The Hall–Kier alpha value is -2.65. The minimum atomic E-state index is -0.354. The van der Waals surface area contributed by atoms with Gasteiger partial charge in [0.25, 0.3) is 0 Å². The molecule has 4 heteroatoms. The second-order valence-corrected chi connectivity index (χ2v) is 7.38. The van der Waals surface area contributed by atoms with Gasteiger partial charge in [0.05, 0.1) is 5.70 Å². The van der Waals surface area contributed by atoms with Gasteiger partial charge in [0.15, 0.2) is 11.6 Å². The summed E-state index contributed by atoms with van der Waals surface area (Å²) in [5, 5.41) is 4.04. The van der Waals surface area contributed by atoms with Gasteiger partial charge in [-0.3, -0.25) is 9.59 Å². The molecule has 2 aromatic carbocycles. The van der Waals surface area contributed by atoms with Crippen molar-refractivity contribution in [3.05, 3.63) is 87.1 Å². The zero-order valence-electron chi connectivity index (χ0n) is 14.0. The molecule has 5 rings (SSSR count). The van der Waals surface area contributed by atoms with Crippen molar-refractivity contribution in [1.82, 2.24) is 5.32 Å². The highest BCUT2D eigenvalue weighted by atomic mass is 35.5. The Morgan fingerprint density at radius 2 is 1.73 bits per heavy atom. The smallest absolute Gasteiger partial charge is 0.192 e. The van der Waals surface area contributed by atoms with Crippen LogP contribution in [0.15, 0.2) is 65.4 Å². The van der Waals surface area contributed by atoms with Gasteiger partial charge in [-0.15, -0.1) is 0 Å². The number of nitrogens with one attached hydrogen (secondary N) is 1. The standard InChI is InChI=1S/C22H16ClNO2/c23-13-6-3-5-12(11-13)18-19-16(9-4-10-17(19)25)24-21-14-7-1-2-8-15(14)22(26)20(18)21/h1-3,5-8,11,18,24H,4,9-10H2/t18-/m0/s1. The number of hydrogen-bond acceptors (Lipinski definition) is 3. The second-order valence-electron chi connectivity index (χ2n) is 6.95. The van der Waals surface area contributed by atoms with E-state index in [2.05, 4.69) is 5.32 Å². The van der Waals surface area contributed by atoms with Crippen LogP contribution in [-0.2, 0) is 4.79 Å². The molecule has 0 bridgehead atoms. The summed E-state index contributed by atoms with van der Waals surface area (Å²) < 4.78 is 0. The minimum Gasteiger partial charge on any atom is -0.358 e. The highest BCUT2D eigenvalue weighted by molar-refractivity contribution is 6.30. The van der Waals surface area contributed by atoms with Crippen LogP contribution in [-0.4, -0.2) is 11.6 Å². The maximum Gasteiger partial charge on any atom is 0.192 e. The Labute approximate surface area is 156 Å². The van der Waals surface area contributed by atoms with Gasteiger partial charge in [0, 0.05) is 45.3 Å². The molecule has 128 valence electrons. The first-order valence-corrected chi connectivity index (χ1v) is 9.20. The lowest BCUT2D eigenvalue weighted by Crippen LogP contribution is -2.31. The van der Waals surface area contributed by atoms with E-state index in [1.165, 1.54) is 0 Å². The maximum atomic E-state index is 13.2. The van der Waals surface area contributed by atoms with Gasteiger partial charge in [0.2, 0.25) is 0 Å². The lowest BCUT2D eigenvalue weighted by molar-refractivity contribution is -0.116. The fourth-order valence-electron chi connectivity index (χ4n) is 4.36. The molecular weight excluding hydrogens is 346 g/mol. The van der Waals surface area contributed by atoms with Crippen molar-refractivity contribution in [3.63, 3.8) is 0 Å². The van der Waals surface area contributed by atoms with Crippen molar-refractivity contribution in [3.8, 4) is 0 Å². The summed E-state index contributed by atoms with van der Waals surface area (Å²) in [7, 11) is 0. The van der Waals surface area contributed by atoms with Crippen molar-refractivity contribution in [2.45, 2.75) is 25.2 Å². The average molecular weight is 362 g/mol. The fraction of sp³-hybridized carbons (Fsp3) is 0.182. The number of halogens is 1. The van der Waals surface area contributed by atoms with Crippen LogP contribution >= 0.6 is 11.6 Å². The number of allylic oxidation sites excluding steroid dienone is 3. The highest BCUT2D eigenvalue weighted by Gasteiger charge is 2.43. The number of fused-ring (bicyclic) bond motifs is 2. The Morgan fingerprint density at radius 3 is 2.54 bits per heavy atom. The molecular formula is C22H16ClNO2. The summed E-state index contributed by atoms with van der Waals surface area (Å²) in [5.41, 5.74) is 5.73. The predicted molar refractivity (Wildman–Crippen MR) is 101 cm³/mol. The molecule has 1 heterocycles. The van der Waals surface area contributed by atoms with Crippen molar-refractivity contribution in [2.24, 2.45) is 0 Å². The van der Waals surface area contributed by atoms with E-state index < -0.39 is 0 Å². The van der Waals surface area contributed by atoms with Gasteiger partial charge in [-0.25, -0.2) is 0 Å². The quantitative estimate of drug-likeness (QED) is 0.804. The molecule has 0 spiro atoms. The lowest BCUT2D eigenvalue weighted by Gasteiger charge is -2.33. The molecule has 2 aliphatic carbocycles. The highest BCUT2D eigenvalue weighted by Crippen LogP contribution is 2.48. The van der Waals surface area contributed by atoms with Gasteiger partial charge in [-0.05, 0) is 30.5 Å². The molecule has 1 atom stereocenters. The number of ketones is 2. The molecule has 0 unspecified atom stereocenters. The minimum absolute atomic E-state index is 0.00185. The summed E-state index contributed by atoms with van der Waals surface area (Å²) in [5.74, 6) is -0.232. The molecule has 26 heavy (non-hydrogen) atoms. The molecule has 0 saturated carbocycles. The molecule has 0 saturated heterocycles. The van der Waals surface area contributed by atoms with Crippen LogP contribution in [0.3, 0.4) is 0 Å². The van der Waals surface area contributed by atoms with Gasteiger partial charge in [0.1, 0.15) is 0 Å². The first kappa shape index (κ1) is 15.6. The second kappa shape index (κ2) is 5.68. The number of Topliss-reactive ketones (excluding diaryl/α,β-unsaturated/α-hetero) is 2. The summed E-state index contributed by atoms with van der Waals surface area (Å²) in [6.07, 6.45) is 2.19. The maximum absolute atomic E-state index is 13.2. The van der Waals surface area contributed by atoms with Crippen LogP contribution in [0.25, 0.3) is 5.70 Å². The summed E-state index contributed by atoms with van der Waals surface area (Å²) in [6.45, 7) is 0. The van der Waals surface area contributed by atoms with Crippen molar-refractivity contribution < 1.29 is 9.59 Å². The molecule has 0 aromatic heterocycles. The van der Waals surface area contributed by atoms with Crippen molar-refractivity contribution in [1.29, 1.82) is 0 Å². The van der Waals surface area contributed by atoms with Crippen LogP contribution < -0.4 is 5.32 Å².